The maximum Gasteiger partial charge on any atom is 0.246 e. The van der Waals surface area contributed by atoms with Gasteiger partial charge in [0.15, 0.2) is 0 Å². The third kappa shape index (κ3) is 6.17. The molecule has 0 unspecified atom stereocenters. The molecule has 1 aromatic carbocycles. The molecule has 8 nitrogen and oxygen atoms in total. The van der Waals surface area contributed by atoms with Gasteiger partial charge in [-0.1, -0.05) is 17.3 Å². The first-order valence-electron chi connectivity index (χ1n) is 10.4. The van der Waals surface area contributed by atoms with E-state index in [1.54, 1.807) is 4.90 Å². The van der Waals surface area contributed by atoms with Crippen LogP contribution in [0.5, 0.6) is 0 Å². The Labute approximate surface area is 192 Å². The third-order valence-corrected chi connectivity index (χ3v) is 6.98. The summed E-state index contributed by atoms with van der Waals surface area (Å²) in [6.07, 6.45) is 1.81. The molecular weight excluding hydrogens is 448 g/mol. The molecule has 0 saturated carbocycles. The van der Waals surface area contributed by atoms with Gasteiger partial charge in [0.2, 0.25) is 27.6 Å². The van der Waals surface area contributed by atoms with Crippen molar-refractivity contribution < 1.29 is 17.7 Å². The van der Waals surface area contributed by atoms with Crippen molar-refractivity contribution in [3.8, 4) is 10.7 Å². The molecule has 0 N–H and O–H groups in total. The normalized spacial score (nSPS) is 11.5. The Bertz CT molecular complexity index is 1140. The summed E-state index contributed by atoms with van der Waals surface area (Å²) in [5.74, 6) is 0.796. The van der Waals surface area contributed by atoms with Crippen LogP contribution in [0.2, 0.25) is 0 Å². The summed E-state index contributed by atoms with van der Waals surface area (Å²) in [5.41, 5.74) is 2.60. The van der Waals surface area contributed by atoms with E-state index in [4.69, 9.17) is 4.52 Å². The summed E-state index contributed by atoms with van der Waals surface area (Å²) in [6, 6.07) is 9.50. The van der Waals surface area contributed by atoms with Crippen molar-refractivity contribution in [2.45, 2.75) is 40.2 Å². The van der Waals surface area contributed by atoms with Gasteiger partial charge in [0.1, 0.15) is 0 Å². The summed E-state index contributed by atoms with van der Waals surface area (Å²) < 4.78 is 31.4. The van der Waals surface area contributed by atoms with Gasteiger partial charge in [0.25, 0.3) is 0 Å². The molecule has 0 spiro atoms. The second kappa shape index (κ2) is 10.3. The van der Waals surface area contributed by atoms with E-state index in [-0.39, 0.29) is 25.4 Å². The molecule has 10 heteroatoms. The fraction of sp³-hybridized carbons (Fsp3) is 0.409. The van der Waals surface area contributed by atoms with Crippen LogP contribution in [0, 0.1) is 13.8 Å². The molecule has 0 aliphatic rings. The zero-order valence-electron chi connectivity index (χ0n) is 18.7. The number of hydrogen-bond donors (Lipinski definition) is 0. The molecule has 0 radical (unpaired) electrons. The van der Waals surface area contributed by atoms with Crippen molar-refractivity contribution in [2.75, 3.05) is 23.7 Å². The van der Waals surface area contributed by atoms with Crippen LogP contribution in [0.4, 0.5) is 5.69 Å². The number of hydrogen-bond acceptors (Lipinski definition) is 7. The lowest BCUT2D eigenvalue weighted by Crippen LogP contribution is -2.33. The Balaban J connectivity index is 1.61. The predicted molar refractivity (Wildman–Crippen MR) is 126 cm³/mol. The van der Waals surface area contributed by atoms with E-state index in [1.165, 1.54) is 21.9 Å². The van der Waals surface area contributed by atoms with Gasteiger partial charge in [-0.2, -0.15) is 4.98 Å². The van der Waals surface area contributed by atoms with Gasteiger partial charge in [-0.25, -0.2) is 8.42 Å². The van der Waals surface area contributed by atoms with E-state index in [0.29, 0.717) is 30.4 Å². The lowest BCUT2D eigenvalue weighted by Gasteiger charge is -2.24. The Morgan fingerprint density at radius 1 is 1.19 bits per heavy atom. The number of anilines is 1. The Hall–Kier alpha value is -2.72. The number of aryl methyl sites for hydroxylation is 2. The quantitative estimate of drug-likeness (QED) is 0.439. The van der Waals surface area contributed by atoms with Gasteiger partial charge in [-0.05, 0) is 61.9 Å². The average Bonchev–Trinajstić information content (AvgIpc) is 3.39. The number of nitrogens with zero attached hydrogens (tertiary/aromatic N) is 4. The zero-order chi connectivity index (χ0) is 23.3. The van der Waals surface area contributed by atoms with Crippen LogP contribution in [0.3, 0.4) is 0 Å². The lowest BCUT2D eigenvalue weighted by molar-refractivity contribution is -0.132. The number of carbonyl (C=O) groups excluding carboxylic acids is 1. The van der Waals surface area contributed by atoms with Crippen molar-refractivity contribution in [1.29, 1.82) is 0 Å². The molecule has 3 rings (SSSR count). The van der Waals surface area contributed by atoms with Gasteiger partial charge in [0.05, 0.1) is 23.4 Å². The molecule has 3 aromatic rings. The summed E-state index contributed by atoms with van der Waals surface area (Å²) >= 11 is 1.52. The molecule has 0 bridgehead atoms. The van der Waals surface area contributed by atoms with Crippen LogP contribution in [0.15, 0.2) is 40.2 Å². The lowest BCUT2D eigenvalue weighted by atomic mass is 10.1. The number of aromatic nitrogens is 2. The first-order chi connectivity index (χ1) is 15.2. The molecule has 32 heavy (non-hydrogen) atoms. The second-order valence-electron chi connectivity index (χ2n) is 7.68. The minimum absolute atomic E-state index is 0.0859. The topological polar surface area (TPSA) is 96.6 Å². The number of sulfonamides is 1. The highest BCUT2D eigenvalue weighted by Gasteiger charge is 2.20. The minimum atomic E-state index is -3.47. The summed E-state index contributed by atoms with van der Waals surface area (Å²) in [7, 11) is -3.47. The Kier molecular flexibility index (Phi) is 7.68. The standard InChI is InChI=1S/C22H28N4O4S2/c1-5-25(15-20-23-22(24-30-20)19-8-7-11-31-19)21(27)9-6-10-26(32(4,28)29)18-13-16(2)12-17(3)14-18/h7-8,11-14H,5-6,9-10,15H2,1-4H3. The zero-order valence-corrected chi connectivity index (χ0v) is 20.4. The molecule has 0 aliphatic carbocycles. The van der Waals surface area contributed by atoms with E-state index in [9.17, 15) is 13.2 Å². The molecule has 0 fully saturated rings. The molecule has 1 amide bonds. The predicted octanol–water partition coefficient (Wildman–Crippen LogP) is 4.01. The number of carbonyl (C=O) groups is 1. The van der Waals surface area contributed by atoms with E-state index >= 15 is 0 Å². The second-order valence-corrected chi connectivity index (χ2v) is 10.5. The highest BCUT2D eigenvalue weighted by atomic mass is 32.2. The molecule has 0 aliphatic heterocycles. The van der Waals surface area contributed by atoms with Crippen LogP contribution >= 0.6 is 11.3 Å². The average molecular weight is 477 g/mol. The van der Waals surface area contributed by atoms with Gasteiger partial charge >= 0.3 is 0 Å². The van der Waals surface area contributed by atoms with Crippen LogP contribution < -0.4 is 4.31 Å². The molecule has 172 valence electrons. The highest BCUT2D eigenvalue weighted by Crippen LogP contribution is 2.23. The largest absolute Gasteiger partial charge is 0.337 e. The SMILES string of the molecule is CCN(Cc1nc(-c2cccs2)no1)C(=O)CCCN(c1cc(C)cc(C)c1)S(C)(=O)=O. The van der Waals surface area contributed by atoms with Gasteiger partial charge in [0, 0.05) is 19.5 Å². The number of amides is 1. The van der Waals surface area contributed by atoms with Crippen LogP contribution in [0.25, 0.3) is 10.7 Å². The van der Waals surface area contributed by atoms with Gasteiger partial charge < -0.3 is 9.42 Å². The van der Waals surface area contributed by atoms with E-state index in [1.807, 2.05) is 56.5 Å². The maximum absolute atomic E-state index is 12.8. The fourth-order valence-corrected chi connectivity index (χ4v) is 5.08. The van der Waals surface area contributed by atoms with Crippen LogP contribution in [0.1, 0.15) is 36.8 Å². The summed E-state index contributed by atoms with van der Waals surface area (Å²) in [4.78, 5) is 19.7. The smallest absolute Gasteiger partial charge is 0.246 e. The molecule has 2 heterocycles. The first-order valence-corrected chi connectivity index (χ1v) is 13.1. The van der Waals surface area contributed by atoms with Gasteiger partial charge in [-0.15, -0.1) is 11.3 Å². The summed E-state index contributed by atoms with van der Waals surface area (Å²) in [5, 5.41) is 5.91. The maximum atomic E-state index is 12.8. The molecular formula is C22H28N4O4S2. The minimum Gasteiger partial charge on any atom is -0.337 e. The van der Waals surface area contributed by atoms with Crippen molar-refractivity contribution in [3.63, 3.8) is 0 Å². The van der Waals surface area contributed by atoms with Crippen LogP contribution in [-0.2, 0) is 21.4 Å². The van der Waals surface area contributed by atoms with Crippen molar-refractivity contribution in [2.24, 2.45) is 0 Å². The Morgan fingerprint density at radius 3 is 2.50 bits per heavy atom. The van der Waals surface area contributed by atoms with E-state index < -0.39 is 10.0 Å². The van der Waals surface area contributed by atoms with Crippen LogP contribution in [-0.4, -0.2) is 48.7 Å². The number of benzene rings is 1. The number of rotatable bonds is 10. The summed E-state index contributed by atoms with van der Waals surface area (Å²) in [6.45, 7) is 6.69. The molecule has 0 saturated heterocycles. The molecule has 0 atom stereocenters. The Morgan fingerprint density at radius 2 is 1.91 bits per heavy atom. The molecule has 2 aromatic heterocycles. The third-order valence-electron chi connectivity index (χ3n) is 4.92. The monoisotopic (exact) mass is 476 g/mol. The fourth-order valence-electron chi connectivity index (χ4n) is 3.48. The van der Waals surface area contributed by atoms with Crippen molar-refractivity contribution >= 4 is 33.0 Å². The van der Waals surface area contributed by atoms with Gasteiger partial charge in [-0.3, -0.25) is 9.10 Å². The van der Waals surface area contributed by atoms with E-state index in [2.05, 4.69) is 10.1 Å². The highest BCUT2D eigenvalue weighted by molar-refractivity contribution is 7.92. The number of thiophene rings is 1. The van der Waals surface area contributed by atoms with E-state index in [0.717, 1.165) is 16.0 Å². The first kappa shape index (κ1) is 23.9. The van der Waals surface area contributed by atoms with Crippen molar-refractivity contribution in [1.82, 2.24) is 15.0 Å². The van der Waals surface area contributed by atoms with Crippen molar-refractivity contribution in [3.05, 3.63) is 52.7 Å².